The van der Waals surface area contributed by atoms with Crippen molar-refractivity contribution >= 4 is 23.4 Å². The number of rotatable bonds is 8. The van der Waals surface area contributed by atoms with E-state index in [-0.39, 0.29) is 0 Å². The number of thioether (sulfide) groups is 1. The van der Waals surface area contributed by atoms with Crippen molar-refractivity contribution in [2.45, 2.75) is 20.3 Å². The van der Waals surface area contributed by atoms with E-state index < -0.39 is 0 Å². The molecule has 0 amide bonds. The second-order valence-electron chi connectivity index (χ2n) is 3.12. The molecule has 1 nitrogen and oxygen atoms in total. The Morgan fingerprint density at radius 3 is 2.67 bits per heavy atom. The van der Waals surface area contributed by atoms with Crippen molar-refractivity contribution in [3.05, 3.63) is 0 Å². The van der Waals surface area contributed by atoms with Gasteiger partial charge in [0, 0.05) is 18.2 Å². The van der Waals surface area contributed by atoms with E-state index in [1.54, 1.807) is 0 Å². The van der Waals surface area contributed by atoms with Gasteiger partial charge in [-0.25, -0.2) is 0 Å². The fourth-order valence-electron chi connectivity index (χ4n) is 0.696. The van der Waals surface area contributed by atoms with Crippen molar-refractivity contribution in [2.75, 3.05) is 30.6 Å². The zero-order chi connectivity index (χ0) is 9.23. The molecule has 0 bridgehead atoms. The predicted molar refractivity (Wildman–Crippen MR) is 58.3 cm³/mol. The van der Waals surface area contributed by atoms with Crippen LogP contribution in [0, 0.1) is 5.92 Å². The lowest BCUT2D eigenvalue weighted by atomic mass is 10.2. The number of halogens is 1. The Balaban J connectivity index is 2.82. The van der Waals surface area contributed by atoms with Crippen molar-refractivity contribution < 1.29 is 4.74 Å². The molecule has 0 aromatic rings. The summed E-state index contributed by atoms with van der Waals surface area (Å²) in [5, 5.41) is 0. The van der Waals surface area contributed by atoms with E-state index in [9.17, 15) is 0 Å². The van der Waals surface area contributed by atoms with Gasteiger partial charge in [-0.3, -0.25) is 0 Å². The third-order valence-electron chi connectivity index (χ3n) is 1.25. The van der Waals surface area contributed by atoms with Gasteiger partial charge in [-0.05, 0) is 18.1 Å². The molecule has 0 N–H and O–H groups in total. The normalized spacial score (nSPS) is 11.0. The Labute approximate surface area is 85.2 Å². The summed E-state index contributed by atoms with van der Waals surface area (Å²) >= 11 is 7.46. The Morgan fingerprint density at radius 1 is 1.33 bits per heavy atom. The topological polar surface area (TPSA) is 9.23 Å². The van der Waals surface area contributed by atoms with Gasteiger partial charge in [-0.2, -0.15) is 11.8 Å². The fourth-order valence-corrected chi connectivity index (χ4v) is 1.78. The summed E-state index contributed by atoms with van der Waals surface area (Å²) in [4.78, 5) is 0. The first-order valence-electron chi connectivity index (χ1n) is 4.48. The van der Waals surface area contributed by atoms with Crippen LogP contribution >= 0.6 is 23.4 Å². The zero-order valence-corrected chi connectivity index (χ0v) is 9.59. The van der Waals surface area contributed by atoms with E-state index >= 15 is 0 Å². The summed E-state index contributed by atoms with van der Waals surface area (Å²) in [6, 6.07) is 0. The minimum atomic E-state index is 0.651. The summed E-state index contributed by atoms with van der Waals surface area (Å²) in [7, 11) is 0. The molecule has 0 spiro atoms. The first-order valence-corrected chi connectivity index (χ1v) is 6.17. The van der Waals surface area contributed by atoms with Crippen LogP contribution in [0.25, 0.3) is 0 Å². The molecular weight excluding hydrogens is 192 g/mol. The molecule has 0 aromatic carbocycles. The van der Waals surface area contributed by atoms with Crippen molar-refractivity contribution in [2.24, 2.45) is 5.92 Å². The van der Waals surface area contributed by atoms with E-state index in [2.05, 4.69) is 13.8 Å². The molecule has 0 saturated heterocycles. The minimum absolute atomic E-state index is 0.651. The largest absolute Gasteiger partial charge is 0.380 e. The number of hydrogen-bond acceptors (Lipinski definition) is 2. The highest BCUT2D eigenvalue weighted by Crippen LogP contribution is 2.03. The molecule has 0 saturated carbocycles. The van der Waals surface area contributed by atoms with Crippen LogP contribution in [0.1, 0.15) is 20.3 Å². The first kappa shape index (κ1) is 12.6. The zero-order valence-electron chi connectivity index (χ0n) is 8.01. The molecule has 74 valence electrons. The maximum Gasteiger partial charge on any atom is 0.0556 e. The van der Waals surface area contributed by atoms with Gasteiger partial charge in [0.2, 0.25) is 0 Å². The quantitative estimate of drug-likeness (QED) is 0.450. The molecule has 0 aliphatic carbocycles. The van der Waals surface area contributed by atoms with Crippen LogP contribution in [0.3, 0.4) is 0 Å². The van der Waals surface area contributed by atoms with Crippen LogP contribution in [0.4, 0.5) is 0 Å². The number of hydrogen-bond donors (Lipinski definition) is 0. The summed E-state index contributed by atoms with van der Waals surface area (Å²) in [5.41, 5.74) is 0. The second kappa shape index (κ2) is 9.69. The summed E-state index contributed by atoms with van der Waals surface area (Å²) < 4.78 is 5.42. The lowest BCUT2D eigenvalue weighted by Crippen LogP contribution is -2.04. The lowest BCUT2D eigenvalue weighted by Gasteiger charge is -2.05. The fraction of sp³-hybridized carbons (Fsp3) is 1.00. The molecule has 0 fully saturated rings. The summed E-state index contributed by atoms with van der Waals surface area (Å²) in [5.74, 6) is 3.69. The third-order valence-corrected chi connectivity index (χ3v) is 2.55. The third kappa shape index (κ3) is 10.6. The average Bonchev–Trinajstić information content (AvgIpc) is 2.02. The second-order valence-corrected chi connectivity index (χ2v) is 4.73. The Morgan fingerprint density at radius 2 is 2.08 bits per heavy atom. The highest BCUT2D eigenvalue weighted by Gasteiger charge is 1.93. The van der Waals surface area contributed by atoms with Crippen LogP contribution in [-0.2, 0) is 4.74 Å². The minimum Gasteiger partial charge on any atom is -0.380 e. The highest BCUT2D eigenvalue weighted by molar-refractivity contribution is 7.99. The van der Waals surface area contributed by atoms with Crippen molar-refractivity contribution in [3.63, 3.8) is 0 Å². The summed E-state index contributed by atoms with van der Waals surface area (Å²) in [6.07, 6.45) is 1.11. The van der Waals surface area contributed by atoms with E-state index in [1.807, 2.05) is 11.8 Å². The van der Waals surface area contributed by atoms with Crippen LogP contribution in [0.2, 0.25) is 0 Å². The van der Waals surface area contributed by atoms with Gasteiger partial charge in [0.1, 0.15) is 0 Å². The first-order chi connectivity index (χ1) is 5.77. The number of ether oxygens (including phenoxy) is 1. The standard InChI is InChI=1S/C9H19ClOS/c1-9(2)8-11-5-7-12-6-3-4-10/h9H,3-8H2,1-2H3. The van der Waals surface area contributed by atoms with Gasteiger partial charge < -0.3 is 4.74 Å². The number of alkyl halides is 1. The molecule has 0 rings (SSSR count). The molecule has 0 aromatic heterocycles. The highest BCUT2D eigenvalue weighted by atomic mass is 35.5. The van der Waals surface area contributed by atoms with Crippen LogP contribution in [-0.4, -0.2) is 30.6 Å². The predicted octanol–water partition coefficient (Wildman–Crippen LogP) is 3.02. The Bertz CT molecular complexity index is 88.6. The van der Waals surface area contributed by atoms with Gasteiger partial charge in [0.25, 0.3) is 0 Å². The Kier molecular flexibility index (Phi) is 10.2. The SMILES string of the molecule is CC(C)COCCSCCCCl. The molecule has 0 aliphatic rings. The molecule has 0 aliphatic heterocycles. The molecule has 12 heavy (non-hydrogen) atoms. The maximum absolute atomic E-state index is 5.54. The van der Waals surface area contributed by atoms with Gasteiger partial charge in [-0.15, -0.1) is 11.6 Å². The van der Waals surface area contributed by atoms with Gasteiger partial charge in [0.05, 0.1) is 6.61 Å². The van der Waals surface area contributed by atoms with Gasteiger partial charge in [-0.1, -0.05) is 13.8 Å². The van der Waals surface area contributed by atoms with Crippen molar-refractivity contribution in [1.29, 1.82) is 0 Å². The van der Waals surface area contributed by atoms with Gasteiger partial charge in [0.15, 0.2) is 0 Å². The van der Waals surface area contributed by atoms with Crippen molar-refractivity contribution in [3.8, 4) is 0 Å². The molecule has 0 atom stereocenters. The molecule has 3 heteroatoms. The van der Waals surface area contributed by atoms with Crippen LogP contribution in [0.5, 0.6) is 0 Å². The van der Waals surface area contributed by atoms with Crippen molar-refractivity contribution in [1.82, 2.24) is 0 Å². The molecular formula is C9H19ClOS. The van der Waals surface area contributed by atoms with E-state index in [1.165, 1.54) is 0 Å². The van der Waals surface area contributed by atoms with E-state index in [0.717, 1.165) is 37.0 Å². The Hall–Kier alpha value is 0.600. The van der Waals surface area contributed by atoms with Gasteiger partial charge >= 0.3 is 0 Å². The summed E-state index contributed by atoms with van der Waals surface area (Å²) in [6.45, 7) is 6.10. The molecule has 0 unspecified atom stereocenters. The maximum atomic E-state index is 5.54. The smallest absolute Gasteiger partial charge is 0.0556 e. The lowest BCUT2D eigenvalue weighted by molar-refractivity contribution is 0.124. The van der Waals surface area contributed by atoms with E-state index in [0.29, 0.717) is 5.92 Å². The molecule has 0 radical (unpaired) electrons. The average molecular weight is 211 g/mol. The van der Waals surface area contributed by atoms with Crippen LogP contribution < -0.4 is 0 Å². The monoisotopic (exact) mass is 210 g/mol. The van der Waals surface area contributed by atoms with Crippen LogP contribution in [0.15, 0.2) is 0 Å². The van der Waals surface area contributed by atoms with E-state index in [4.69, 9.17) is 16.3 Å². The molecule has 0 heterocycles.